The average molecular weight is 540 g/mol. The smallest absolute Gasteiger partial charge is 0.269 e. The summed E-state index contributed by atoms with van der Waals surface area (Å²) >= 11 is 12.3. The summed E-state index contributed by atoms with van der Waals surface area (Å²) in [4.78, 5) is 40.1. The van der Waals surface area contributed by atoms with Gasteiger partial charge in [0.1, 0.15) is 10.9 Å². The first-order valence-electron chi connectivity index (χ1n) is 11.2. The van der Waals surface area contributed by atoms with Crippen molar-refractivity contribution in [2.24, 2.45) is 0 Å². The van der Waals surface area contributed by atoms with Gasteiger partial charge >= 0.3 is 0 Å². The van der Waals surface area contributed by atoms with E-state index < -0.39 is 27.9 Å². The second-order valence-corrected chi connectivity index (χ2v) is 11.1. The zero-order chi connectivity index (χ0) is 25.9. The maximum atomic E-state index is 13.3. The number of halogens is 2. The van der Waals surface area contributed by atoms with Crippen LogP contribution in [0, 0.1) is 0 Å². The van der Waals surface area contributed by atoms with Gasteiger partial charge in [0.2, 0.25) is 11.8 Å². The maximum absolute atomic E-state index is 13.3. The number of rotatable bonds is 9. The molecule has 0 aliphatic carbocycles. The van der Waals surface area contributed by atoms with E-state index in [0.29, 0.717) is 26.3 Å². The summed E-state index contributed by atoms with van der Waals surface area (Å²) in [7, 11) is -4.05. The highest BCUT2D eigenvalue weighted by Gasteiger charge is 2.41. The minimum Gasteiger partial charge on any atom is -0.352 e. The molecule has 0 bridgehead atoms. The minimum absolute atomic E-state index is 0.00481. The lowest BCUT2D eigenvalue weighted by Crippen LogP contribution is -2.50. The van der Waals surface area contributed by atoms with Crippen molar-refractivity contribution in [3.8, 4) is 0 Å². The van der Waals surface area contributed by atoms with E-state index in [1.807, 2.05) is 13.8 Å². The van der Waals surface area contributed by atoms with Gasteiger partial charge < -0.3 is 10.2 Å². The molecule has 0 saturated heterocycles. The van der Waals surface area contributed by atoms with E-state index in [0.717, 1.165) is 0 Å². The van der Waals surface area contributed by atoms with Gasteiger partial charge in [-0.05, 0) is 50.1 Å². The molecular weight excluding hydrogens is 513 g/mol. The van der Waals surface area contributed by atoms with Crippen LogP contribution in [0.4, 0.5) is 0 Å². The molecule has 11 heteroatoms. The van der Waals surface area contributed by atoms with Gasteiger partial charge in [0.25, 0.3) is 15.9 Å². The van der Waals surface area contributed by atoms with Crippen LogP contribution in [0.1, 0.15) is 49.5 Å². The van der Waals surface area contributed by atoms with Gasteiger partial charge in [0.05, 0.1) is 5.56 Å². The number of fused-ring (bicyclic) bond motifs is 1. The molecule has 0 radical (unpaired) electrons. The van der Waals surface area contributed by atoms with Gasteiger partial charge in [-0.15, -0.1) is 0 Å². The van der Waals surface area contributed by atoms with Gasteiger partial charge in [-0.2, -0.15) is 0 Å². The van der Waals surface area contributed by atoms with E-state index in [2.05, 4.69) is 5.32 Å². The van der Waals surface area contributed by atoms with Gasteiger partial charge in [-0.3, -0.25) is 14.4 Å². The zero-order valence-corrected chi connectivity index (χ0v) is 22.0. The van der Waals surface area contributed by atoms with Crippen molar-refractivity contribution in [3.05, 3.63) is 63.6 Å². The van der Waals surface area contributed by atoms with E-state index in [4.69, 9.17) is 23.2 Å². The zero-order valence-electron chi connectivity index (χ0n) is 19.6. The average Bonchev–Trinajstić information content (AvgIpc) is 3.01. The third kappa shape index (κ3) is 5.79. The first-order chi connectivity index (χ1) is 16.5. The third-order valence-corrected chi connectivity index (χ3v) is 8.39. The van der Waals surface area contributed by atoms with Crippen molar-refractivity contribution >= 4 is 50.9 Å². The summed E-state index contributed by atoms with van der Waals surface area (Å²) in [5.74, 6) is -1.53. The minimum atomic E-state index is -4.05. The van der Waals surface area contributed by atoms with Gasteiger partial charge in [-0.25, -0.2) is 12.7 Å². The molecule has 3 amide bonds. The predicted octanol–water partition coefficient (Wildman–Crippen LogP) is 3.86. The highest BCUT2D eigenvalue weighted by Crippen LogP contribution is 2.30. The number of benzene rings is 2. The lowest BCUT2D eigenvalue weighted by molar-refractivity contribution is -0.140. The number of hydrogen-bond acceptors (Lipinski definition) is 5. The molecule has 0 aromatic heterocycles. The summed E-state index contributed by atoms with van der Waals surface area (Å²) < 4.78 is 26.4. The van der Waals surface area contributed by atoms with E-state index in [1.165, 1.54) is 29.2 Å². The van der Waals surface area contributed by atoms with Crippen molar-refractivity contribution in [3.63, 3.8) is 0 Å². The topological polar surface area (TPSA) is 104 Å². The Morgan fingerprint density at radius 2 is 1.80 bits per heavy atom. The Kier molecular flexibility index (Phi) is 8.46. The maximum Gasteiger partial charge on any atom is 0.269 e. The largest absolute Gasteiger partial charge is 0.352 e. The molecule has 0 unspecified atom stereocenters. The lowest BCUT2D eigenvalue weighted by Gasteiger charge is -2.30. The molecule has 35 heavy (non-hydrogen) atoms. The standard InChI is InChI=1S/C24H27Cl2N3O5S/c1-4-15(2)27-23(31)16(3)28(14-17-9-10-18(25)13-20(17)26)22(30)11-12-29-24(32)19-7-5-6-8-21(19)35(29,33)34/h5-10,13,15-16H,4,11-12,14H2,1-3H3,(H,27,31)/t15-,16-/m1/s1. The fourth-order valence-electron chi connectivity index (χ4n) is 3.67. The quantitative estimate of drug-likeness (QED) is 0.520. The van der Waals surface area contributed by atoms with Crippen molar-refractivity contribution < 1.29 is 22.8 Å². The van der Waals surface area contributed by atoms with Crippen LogP contribution < -0.4 is 5.32 Å². The number of hydrogen-bond donors (Lipinski definition) is 1. The molecule has 2 aromatic carbocycles. The highest BCUT2D eigenvalue weighted by molar-refractivity contribution is 7.90. The molecule has 188 valence electrons. The van der Waals surface area contributed by atoms with Crippen molar-refractivity contribution in [1.29, 1.82) is 0 Å². The summed E-state index contributed by atoms with van der Waals surface area (Å²) in [5, 5.41) is 3.61. The van der Waals surface area contributed by atoms with Crippen molar-refractivity contribution in [2.75, 3.05) is 6.54 Å². The summed E-state index contributed by atoms with van der Waals surface area (Å²) in [6.45, 7) is 5.03. The second-order valence-electron chi connectivity index (χ2n) is 8.38. The molecule has 1 heterocycles. The molecular formula is C24H27Cl2N3O5S. The first kappa shape index (κ1) is 27.0. The van der Waals surface area contributed by atoms with Gasteiger partial charge in [0.15, 0.2) is 0 Å². The predicted molar refractivity (Wildman–Crippen MR) is 134 cm³/mol. The Labute approximate surface area is 215 Å². The molecule has 0 saturated carbocycles. The Morgan fingerprint density at radius 3 is 2.43 bits per heavy atom. The Bertz CT molecular complexity index is 1250. The summed E-state index contributed by atoms with van der Waals surface area (Å²) in [6.07, 6.45) is 0.413. The molecule has 2 aromatic rings. The molecule has 8 nitrogen and oxygen atoms in total. The van der Waals surface area contributed by atoms with Crippen molar-refractivity contribution in [1.82, 2.24) is 14.5 Å². The molecule has 1 aliphatic heterocycles. The molecule has 3 rings (SSSR count). The van der Waals surface area contributed by atoms with Crippen LogP contribution in [0.15, 0.2) is 47.4 Å². The number of sulfonamides is 1. The van der Waals surface area contributed by atoms with Crippen LogP contribution in [0.2, 0.25) is 10.0 Å². The van der Waals surface area contributed by atoms with Gasteiger partial charge in [-0.1, -0.05) is 48.3 Å². The fourth-order valence-corrected chi connectivity index (χ4v) is 5.71. The summed E-state index contributed by atoms with van der Waals surface area (Å²) in [6, 6.07) is 9.78. The van der Waals surface area contributed by atoms with Gasteiger partial charge in [0, 0.05) is 35.6 Å². The van der Waals surface area contributed by atoms with E-state index >= 15 is 0 Å². The number of amides is 3. The third-order valence-electron chi connectivity index (χ3n) is 5.96. The fraction of sp³-hybridized carbons (Fsp3) is 0.375. The Morgan fingerprint density at radius 1 is 1.11 bits per heavy atom. The molecule has 0 spiro atoms. The van der Waals surface area contributed by atoms with Crippen LogP contribution in [-0.4, -0.2) is 54.0 Å². The normalized spacial score (nSPS) is 15.9. The van der Waals surface area contributed by atoms with Crippen LogP contribution in [0.5, 0.6) is 0 Å². The molecule has 0 fully saturated rings. The molecule has 1 N–H and O–H groups in total. The van der Waals surface area contributed by atoms with Crippen LogP contribution in [0.3, 0.4) is 0 Å². The lowest BCUT2D eigenvalue weighted by atomic mass is 10.1. The second kappa shape index (κ2) is 11.0. The monoisotopic (exact) mass is 539 g/mol. The summed E-state index contributed by atoms with van der Waals surface area (Å²) in [5.41, 5.74) is 0.649. The van der Waals surface area contributed by atoms with Crippen LogP contribution in [-0.2, 0) is 26.2 Å². The number of nitrogens with one attached hydrogen (secondary N) is 1. The Hall–Kier alpha value is -2.62. The molecule has 1 aliphatic rings. The van der Waals surface area contributed by atoms with E-state index in [-0.39, 0.29) is 41.9 Å². The first-order valence-corrected chi connectivity index (χ1v) is 13.4. The van der Waals surface area contributed by atoms with Crippen LogP contribution >= 0.6 is 23.2 Å². The van der Waals surface area contributed by atoms with Crippen LogP contribution in [0.25, 0.3) is 0 Å². The number of nitrogens with zero attached hydrogens (tertiary/aromatic N) is 2. The van der Waals surface area contributed by atoms with E-state index in [9.17, 15) is 22.8 Å². The molecule has 2 atom stereocenters. The number of carbonyl (C=O) groups excluding carboxylic acids is 3. The van der Waals surface area contributed by atoms with E-state index in [1.54, 1.807) is 25.1 Å². The Balaban J connectivity index is 1.82. The van der Waals surface area contributed by atoms with Crippen molar-refractivity contribution in [2.45, 2.75) is 57.1 Å². The SMILES string of the molecule is CC[C@@H](C)NC(=O)[C@@H](C)N(Cc1ccc(Cl)cc1Cl)C(=O)CCN1C(=O)c2ccccc2S1(=O)=O. The highest BCUT2D eigenvalue weighted by atomic mass is 35.5. The number of carbonyl (C=O) groups is 3.